The molecular formula is C10H20O3. The zero-order valence-electron chi connectivity index (χ0n) is 8.96. The van der Waals surface area contributed by atoms with Crippen molar-refractivity contribution in [1.29, 1.82) is 0 Å². The van der Waals surface area contributed by atoms with Crippen LogP contribution in [0.4, 0.5) is 0 Å². The van der Waals surface area contributed by atoms with E-state index in [4.69, 9.17) is 0 Å². The van der Waals surface area contributed by atoms with E-state index in [9.17, 15) is 9.90 Å². The smallest absolute Gasteiger partial charge is 0.305 e. The maximum Gasteiger partial charge on any atom is 0.305 e. The van der Waals surface area contributed by atoms with E-state index < -0.39 is 5.60 Å². The molecule has 0 aromatic rings. The lowest BCUT2D eigenvalue weighted by molar-refractivity contribution is -0.141. The first-order valence-corrected chi connectivity index (χ1v) is 4.64. The van der Waals surface area contributed by atoms with Gasteiger partial charge in [-0.1, -0.05) is 6.92 Å². The fourth-order valence-electron chi connectivity index (χ4n) is 1.42. The number of esters is 1. The van der Waals surface area contributed by atoms with Gasteiger partial charge in [-0.2, -0.15) is 0 Å². The van der Waals surface area contributed by atoms with Gasteiger partial charge >= 0.3 is 5.97 Å². The number of carbonyl (C=O) groups is 1. The Morgan fingerprint density at radius 1 is 1.54 bits per heavy atom. The average molecular weight is 188 g/mol. The normalized spacial score (nSPS) is 13.9. The second-order valence-electron chi connectivity index (χ2n) is 4.24. The summed E-state index contributed by atoms with van der Waals surface area (Å²) in [5, 5.41) is 9.49. The minimum atomic E-state index is -0.643. The van der Waals surface area contributed by atoms with Crippen molar-refractivity contribution in [2.24, 2.45) is 5.92 Å². The molecule has 3 nitrogen and oxygen atoms in total. The Hall–Kier alpha value is -0.570. The first-order valence-electron chi connectivity index (χ1n) is 4.64. The zero-order chi connectivity index (χ0) is 10.5. The fourth-order valence-corrected chi connectivity index (χ4v) is 1.42. The lowest BCUT2D eigenvalue weighted by Gasteiger charge is -2.21. The lowest BCUT2D eigenvalue weighted by Crippen LogP contribution is -2.22. The summed E-state index contributed by atoms with van der Waals surface area (Å²) >= 11 is 0. The molecule has 0 fully saturated rings. The molecule has 0 aromatic carbocycles. The maximum atomic E-state index is 10.8. The number of hydrogen-bond acceptors (Lipinski definition) is 3. The molecule has 0 heterocycles. The second-order valence-corrected chi connectivity index (χ2v) is 4.24. The molecule has 1 N–H and O–H groups in total. The van der Waals surface area contributed by atoms with Crippen molar-refractivity contribution in [2.45, 2.75) is 45.6 Å². The van der Waals surface area contributed by atoms with Crippen LogP contribution in [0.3, 0.4) is 0 Å². The van der Waals surface area contributed by atoms with Gasteiger partial charge < -0.3 is 9.84 Å². The molecule has 0 saturated carbocycles. The van der Waals surface area contributed by atoms with E-state index in [2.05, 4.69) is 4.74 Å². The summed E-state index contributed by atoms with van der Waals surface area (Å²) in [7, 11) is 1.39. The summed E-state index contributed by atoms with van der Waals surface area (Å²) < 4.78 is 4.53. The Balaban J connectivity index is 3.63. The highest BCUT2D eigenvalue weighted by atomic mass is 16.5. The molecule has 0 saturated heterocycles. The molecule has 0 radical (unpaired) electrons. The van der Waals surface area contributed by atoms with Gasteiger partial charge in [0, 0.05) is 6.42 Å². The third kappa shape index (κ3) is 7.78. The third-order valence-corrected chi connectivity index (χ3v) is 1.92. The first kappa shape index (κ1) is 12.4. The Bertz CT molecular complexity index is 158. The van der Waals surface area contributed by atoms with E-state index in [0.29, 0.717) is 18.8 Å². The molecule has 0 aromatic heterocycles. The van der Waals surface area contributed by atoms with Gasteiger partial charge in [-0.15, -0.1) is 0 Å². The molecule has 1 unspecified atom stereocenters. The van der Waals surface area contributed by atoms with Crippen molar-refractivity contribution < 1.29 is 14.6 Å². The van der Waals surface area contributed by atoms with E-state index in [1.54, 1.807) is 13.8 Å². The van der Waals surface area contributed by atoms with Gasteiger partial charge in [-0.05, 0) is 32.6 Å². The molecule has 1 atom stereocenters. The van der Waals surface area contributed by atoms with Crippen LogP contribution >= 0.6 is 0 Å². The Morgan fingerprint density at radius 3 is 2.46 bits per heavy atom. The largest absolute Gasteiger partial charge is 0.469 e. The predicted molar refractivity (Wildman–Crippen MR) is 51.3 cm³/mol. The van der Waals surface area contributed by atoms with E-state index in [-0.39, 0.29) is 5.97 Å². The third-order valence-electron chi connectivity index (χ3n) is 1.92. The molecule has 3 heteroatoms. The van der Waals surface area contributed by atoms with Crippen LogP contribution in [0, 0.1) is 5.92 Å². The van der Waals surface area contributed by atoms with E-state index in [1.807, 2.05) is 6.92 Å². The van der Waals surface area contributed by atoms with Crippen LogP contribution in [-0.4, -0.2) is 23.8 Å². The summed E-state index contributed by atoms with van der Waals surface area (Å²) in [5.41, 5.74) is -0.643. The molecule has 0 aliphatic rings. The summed E-state index contributed by atoms with van der Waals surface area (Å²) in [6, 6.07) is 0. The molecular weight excluding hydrogens is 168 g/mol. The highest BCUT2D eigenvalue weighted by molar-refractivity contribution is 5.69. The molecule has 0 spiro atoms. The predicted octanol–water partition coefficient (Wildman–Crippen LogP) is 1.74. The molecule has 0 aliphatic carbocycles. The second kappa shape index (κ2) is 5.22. The van der Waals surface area contributed by atoms with E-state index in [0.717, 1.165) is 6.42 Å². The quantitative estimate of drug-likeness (QED) is 0.668. The number of hydrogen-bond donors (Lipinski definition) is 1. The van der Waals surface area contributed by atoms with Gasteiger partial charge in [0.1, 0.15) is 0 Å². The number of rotatable bonds is 5. The summed E-state index contributed by atoms with van der Waals surface area (Å²) in [5.74, 6) is 0.168. The highest BCUT2D eigenvalue weighted by Gasteiger charge is 2.17. The Labute approximate surface area is 80.1 Å². The van der Waals surface area contributed by atoms with Crippen molar-refractivity contribution in [1.82, 2.24) is 0 Å². The molecule has 78 valence electrons. The van der Waals surface area contributed by atoms with Crippen LogP contribution in [0.1, 0.15) is 40.0 Å². The first-order chi connectivity index (χ1) is 5.85. The minimum Gasteiger partial charge on any atom is -0.469 e. The van der Waals surface area contributed by atoms with Gasteiger partial charge in [-0.25, -0.2) is 0 Å². The van der Waals surface area contributed by atoms with Gasteiger partial charge in [0.15, 0.2) is 0 Å². The van der Waals surface area contributed by atoms with Crippen molar-refractivity contribution in [2.75, 3.05) is 7.11 Å². The molecule has 0 rings (SSSR count). The summed E-state index contributed by atoms with van der Waals surface area (Å²) in [4.78, 5) is 10.8. The van der Waals surface area contributed by atoms with Crippen LogP contribution < -0.4 is 0 Å². The maximum absolute atomic E-state index is 10.8. The topological polar surface area (TPSA) is 46.5 Å². The van der Waals surface area contributed by atoms with Gasteiger partial charge in [0.25, 0.3) is 0 Å². The SMILES string of the molecule is COC(=O)CCC(C)CC(C)(C)O. The average Bonchev–Trinajstić information content (AvgIpc) is 1.97. The van der Waals surface area contributed by atoms with E-state index in [1.165, 1.54) is 7.11 Å². The zero-order valence-corrected chi connectivity index (χ0v) is 8.96. The van der Waals surface area contributed by atoms with Crippen molar-refractivity contribution >= 4 is 5.97 Å². The van der Waals surface area contributed by atoms with Crippen molar-refractivity contribution in [3.63, 3.8) is 0 Å². The van der Waals surface area contributed by atoms with Crippen LogP contribution in [-0.2, 0) is 9.53 Å². The van der Waals surface area contributed by atoms with Crippen molar-refractivity contribution in [3.05, 3.63) is 0 Å². The highest BCUT2D eigenvalue weighted by Crippen LogP contribution is 2.19. The molecule has 0 aliphatic heterocycles. The number of methoxy groups -OCH3 is 1. The van der Waals surface area contributed by atoms with Crippen LogP contribution in [0.5, 0.6) is 0 Å². The number of ether oxygens (including phenoxy) is 1. The van der Waals surface area contributed by atoms with Gasteiger partial charge in [-0.3, -0.25) is 4.79 Å². The van der Waals surface area contributed by atoms with Crippen LogP contribution in [0.2, 0.25) is 0 Å². The molecule has 13 heavy (non-hydrogen) atoms. The van der Waals surface area contributed by atoms with Gasteiger partial charge in [0.2, 0.25) is 0 Å². The van der Waals surface area contributed by atoms with E-state index >= 15 is 0 Å². The Morgan fingerprint density at radius 2 is 2.08 bits per heavy atom. The van der Waals surface area contributed by atoms with Crippen LogP contribution in [0.25, 0.3) is 0 Å². The molecule has 0 bridgehead atoms. The standard InChI is InChI=1S/C10H20O3/c1-8(7-10(2,3)12)5-6-9(11)13-4/h8,12H,5-7H2,1-4H3. The van der Waals surface area contributed by atoms with Gasteiger partial charge in [0.05, 0.1) is 12.7 Å². The summed E-state index contributed by atoms with van der Waals surface area (Å²) in [6.45, 7) is 5.59. The van der Waals surface area contributed by atoms with Crippen LogP contribution in [0.15, 0.2) is 0 Å². The lowest BCUT2D eigenvalue weighted by atomic mass is 9.92. The van der Waals surface area contributed by atoms with Crippen molar-refractivity contribution in [3.8, 4) is 0 Å². The minimum absolute atomic E-state index is 0.178. The Kier molecular flexibility index (Phi) is 4.99. The summed E-state index contributed by atoms with van der Waals surface area (Å²) in [6.07, 6.45) is 1.93. The number of aliphatic hydroxyl groups is 1. The fraction of sp³-hybridized carbons (Fsp3) is 0.900. The monoisotopic (exact) mass is 188 g/mol. The number of carbonyl (C=O) groups excluding carboxylic acids is 1. The molecule has 0 amide bonds.